The van der Waals surface area contributed by atoms with E-state index in [2.05, 4.69) is 16.8 Å². The topological polar surface area (TPSA) is 28.7 Å². The molecule has 0 aliphatic heterocycles. The molecule has 1 rings (SSSR count). The maximum Gasteiger partial charge on any atom is 0.0578 e. The Hall–Kier alpha value is -1.31. The summed E-state index contributed by atoms with van der Waals surface area (Å²) >= 11 is 0. The van der Waals surface area contributed by atoms with Gasteiger partial charge in [-0.05, 0) is 19.9 Å². The van der Waals surface area contributed by atoms with Crippen LogP contribution in [0.5, 0.6) is 0 Å². The first-order chi connectivity index (χ1) is 6.24. The molecule has 13 heavy (non-hydrogen) atoms. The van der Waals surface area contributed by atoms with Gasteiger partial charge in [0.1, 0.15) is 0 Å². The van der Waals surface area contributed by atoms with Crippen LogP contribution in [0.25, 0.3) is 12.7 Å². The molecule has 72 valence electrons. The van der Waals surface area contributed by atoms with Crippen LogP contribution in [-0.2, 0) is 0 Å². The fourth-order valence-electron chi connectivity index (χ4n) is 0.775. The van der Waals surface area contributed by atoms with E-state index in [0.717, 1.165) is 10.6 Å². The van der Waals surface area contributed by atoms with Gasteiger partial charge in [-0.2, -0.15) is 5.10 Å². The molecule has 0 spiro atoms. The molecule has 0 fully saturated rings. The van der Waals surface area contributed by atoms with Crippen molar-refractivity contribution in [3.8, 4) is 0 Å². The van der Waals surface area contributed by atoms with E-state index in [4.69, 9.17) is 0 Å². The standard InChI is InChI=1S/C9H12N2.C2H6/c1-4-7(2)5-9-6-10-11-8(9)3;1-2/h4-6,11H,3H2,1-2H3;1-2H3/b7-4-,9-5-;. The van der Waals surface area contributed by atoms with Crippen molar-refractivity contribution in [2.24, 2.45) is 0 Å². The largest absolute Gasteiger partial charge is 0.278 e. The lowest BCUT2D eigenvalue weighted by atomic mass is 10.2. The number of aromatic amines is 1. The maximum atomic E-state index is 3.86. The summed E-state index contributed by atoms with van der Waals surface area (Å²) in [6.07, 6.45) is 5.87. The van der Waals surface area contributed by atoms with Gasteiger partial charge in [-0.25, -0.2) is 0 Å². The van der Waals surface area contributed by atoms with Crippen LogP contribution in [0.2, 0.25) is 0 Å². The van der Waals surface area contributed by atoms with Crippen LogP contribution in [0.15, 0.2) is 17.8 Å². The molecule has 0 amide bonds. The monoisotopic (exact) mass is 178 g/mol. The fraction of sp³-hybridized carbons (Fsp3) is 0.364. The number of hydrogen-bond acceptors (Lipinski definition) is 1. The SMILES string of the molecule is C=c1[nH]nc/c1=C/C(C)=C\C.CC. The molecule has 1 N–H and O–H groups in total. The third-order valence-corrected chi connectivity index (χ3v) is 1.59. The van der Waals surface area contributed by atoms with Gasteiger partial charge in [0.05, 0.1) is 11.5 Å². The molecule has 0 saturated carbocycles. The minimum absolute atomic E-state index is 0.867. The predicted octanol–water partition coefficient (Wildman–Crippen LogP) is 1.59. The van der Waals surface area contributed by atoms with Crippen LogP contribution < -0.4 is 10.6 Å². The quantitative estimate of drug-likeness (QED) is 0.695. The lowest BCUT2D eigenvalue weighted by Crippen LogP contribution is -2.19. The molecule has 0 aliphatic rings. The third kappa shape index (κ3) is 3.74. The molecule has 0 bridgehead atoms. The Morgan fingerprint density at radius 1 is 1.54 bits per heavy atom. The zero-order valence-corrected chi connectivity index (χ0v) is 8.89. The molecule has 2 nitrogen and oxygen atoms in total. The minimum atomic E-state index is 0.867. The summed E-state index contributed by atoms with van der Waals surface area (Å²) < 4.78 is 0. The number of aromatic nitrogens is 2. The third-order valence-electron chi connectivity index (χ3n) is 1.59. The van der Waals surface area contributed by atoms with Crippen LogP contribution in [0.3, 0.4) is 0 Å². The van der Waals surface area contributed by atoms with Gasteiger partial charge in [-0.3, -0.25) is 5.10 Å². The highest BCUT2D eigenvalue weighted by Crippen LogP contribution is 1.90. The Bertz CT molecular complexity index is 358. The first-order valence-corrected chi connectivity index (χ1v) is 4.57. The minimum Gasteiger partial charge on any atom is -0.278 e. The van der Waals surface area contributed by atoms with E-state index in [1.807, 2.05) is 39.8 Å². The van der Waals surface area contributed by atoms with E-state index in [-0.39, 0.29) is 0 Å². The molecule has 1 aromatic rings. The first kappa shape index (κ1) is 11.7. The van der Waals surface area contributed by atoms with Crippen molar-refractivity contribution < 1.29 is 0 Å². The van der Waals surface area contributed by atoms with Crippen molar-refractivity contribution in [3.05, 3.63) is 28.4 Å². The van der Waals surface area contributed by atoms with Crippen LogP contribution in [0.4, 0.5) is 0 Å². The molecule has 0 unspecified atom stereocenters. The molecule has 0 radical (unpaired) electrons. The van der Waals surface area contributed by atoms with E-state index in [1.54, 1.807) is 6.20 Å². The molecule has 1 aromatic heterocycles. The van der Waals surface area contributed by atoms with Gasteiger partial charge in [0.15, 0.2) is 0 Å². The second kappa shape index (κ2) is 6.23. The van der Waals surface area contributed by atoms with Gasteiger partial charge in [0.2, 0.25) is 0 Å². The second-order valence-corrected chi connectivity index (χ2v) is 2.48. The van der Waals surface area contributed by atoms with Crippen LogP contribution in [0.1, 0.15) is 27.7 Å². The highest BCUT2D eigenvalue weighted by Gasteiger charge is 1.83. The van der Waals surface area contributed by atoms with E-state index < -0.39 is 0 Å². The summed E-state index contributed by atoms with van der Waals surface area (Å²) in [5.41, 5.74) is 1.22. The van der Waals surface area contributed by atoms with Crippen molar-refractivity contribution in [1.29, 1.82) is 0 Å². The van der Waals surface area contributed by atoms with Crippen molar-refractivity contribution in [2.45, 2.75) is 27.7 Å². The first-order valence-electron chi connectivity index (χ1n) is 4.57. The Morgan fingerprint density at radius 3 is 2.54 bits per heavy atom. The van der Waals surface area contributed by atoms with Crippen LogP contribution >= 0.6 is 0 Å². The molecular weight excluding hydrogens is 160 g/mol. The molecule has 0 saturated heterocycles. The second-order valence-electron chi connectivity index (χ2n) is 2.48. The molecule has 0 aromatic carbocycles. The zero-order chi connectivity index (χ0) is 10.3. The average Bonchev–Trinajstić information content (AvgIpc) is 2.55. The van der Waals surface area contributed by atoms with Crippen molar-refractivity contribution >= 4 is 12.7 Å². The molecule has 2 heteroatoms. The molecule has 0 aliphatic carbocycles. The summed E-state index contributed by atoms with van der Waals surface area (Å²) in [5.74, 6) is 0. The van der Waals surface area contributed by atoms with Gasteiger partial charge in [-0.1, -0.05) is 32.1 Å². The van der Waals surface area contributed by atoms with Crippen molar-refractivity contribution in [1.82, 2.24) is 10.2 Å². The number of nitrogens with zero attached hydrogens (tertiary/aromatic N) is 1. The average molecular weight is 178 g/mol. The van der Waals surface area contributed by atoms with Gasteiger partial charge >= 0.3 is 0 Å². The van der Waals surface area contributed by atoms with Gasteiger partial charge in [0, 0.05) is 5.22 Å². The van der Waals surface area contributed by atoms with Crippen LogP contribution in [0, 0.1) is 0 Å². The highest BCUT2D eigenvalue weighted by atomic mass is 15.1. The van der Waals surface area contributed by atoms with Crippen molar-refractivity contribution in [3.63, 3.8) is 0 Å². The van der Waals surface area contributed by atoms with E-state index in [1.165, 1.54) is 5.57 Å². The van der Waals surface area contributed by atoms with E-state index >= 15 is 0 Å². The Balaban J connectivity index is 0.000000671. The highest BCUT2D eigenvalue weighted by molar-refractivity contribution is 5.43. The van der Waals surface area contributed by atoms with E-state index in [9.17, 15) is 0 Å². The fourth-order valence-corrected chi connectivity index (χ4v) is 0.775. The molecular formula is C11H18N2. The number of allylic oxidation sites excluding steroid dienone is 2. The lowest BCUT2D eigenvalue weighted by molar-refractivity contribution is 1.06. The zero-order valence-electron chi connectivity index (χ0n) is 8.89. The summed E-state index contributed by atoms with van der Waals surface area (Å²) in [5, 5.41) is 8.56. The number of rotatable bonds is 1. The Labute approximate surface area is 79.7 Å². The molecule has 1 heterocycles. The summed E-state index contributed by atoms with van der Waals surface area (Å²) in [6.45, 7) is 11.8. The van der Waals surface area contributed by atoms with Gasteiger partial charge < -0.3 is 0 Å². The number of hydrogen-bond donors (Lipinski definition) is 1. The Kier molecular flexibility index (Phi) is 5.60. The maximum absolute atomic E-state index is 3.86. The van der Waals surface area contributed by atoms with E-state index in [0.29, 0.717) is 0 Å². The number of nitrogens with one attached hydrogen (secondary N) is 1. The normalized spacial score (nSPS) is 12.3. The lowest BCUT2D eigenvalue weighted by Gasteiger charge is -1.83. The summed E-state index contributed by atoms with van der Waals surface area (Å²) in [4.78, 5) is 0. The molecule has 0 atom stereocenters. The summed E-state index contributed by atoms with van der Waals surface area (Å²) in [7, 11) is 0. The Morgan fingerprint density at radius 2 is 2.15 bits per heavy atom. The van der Waals surface area contributed by atoms with Crippen LogP contribution in [-0.4, -0.2) is 10.2 Å². The number of H-pyrrole nitrogens is 1. The smallest absolute Gasteiger partial charge is 0.0578 e. The van der Waals surface area contributed by atoms with Gasteiger partial charge in [0.25, 0.3) is 0 Å². The summed E-state index contributed by atoms with van der Waals surface area (Å²) in [6, 6.07) is 0. The van der Waals surface area contributed by atoms with Gasteiger partial charge in [-0.15, -0.1) is 0 Å². The van der Waals surface area contributed by atoms with Crippen molar-refractivity contribution in [2.75, 3.05) is 0 Å². The predicted molar refractivity (Wildman–Crippen MR) is 58.6 cm³/mol.